The van der Waals surface area contributed by atoms with Crippen molar-refractivity contribution < 1.29 is 38.1 Å². The highest BCUT2D eigenvalue weighted by atomic mass is 16.5. The number of para-hydroxylation sites is 1. The molecule has 0 bridgehead atoms. The van der Waals surface area contributed by atoms with Crippen molar-refractivity contribution >= 4 is 52.4 Å². The number of nitrogens with zero attached hydrogens (tertiary/aromatic N) is 4. The minimum atomic E-state index is -0.258. The lowest BCUT2D eigenvalue weighted by atomic mass is 10.1. The average Bonchev–Trinajstić information content (AvgIpc) is 3.77. The maximum absolute atomic E-state index is 14.1. The Morgan fingerprint density at radius 1 is 0.774 bits per heavy atom. The van der Waals surface area contributed by atoms with E-state index in [1.54, 1.807) is 32.4 Å². The van der Waals surface area contributed by atoms with Gasteiger partial charge in [0.1, 0.15) is 13.2 Å². The Labute approximate surface area is 360 Å². The number of nitrogens with one attached hydrogen (secondary N) is 1. The van der Waals surface area contributed by atoms with Gasteiger partial charge in [0.15, 0.2) is 23.0 Å². The van der Waals surface area contributed by atoms with Crippen LogP contribution >= 0.6 is 0 Å². The molecule has 2 amide bonds. The molecule has 2 atom stereocenters. The van der Waals surface area contributed by atoms with Crippen molar-refractivity contribution in [2.75, 3.05) is 61.5 Å². The molecule has 318 valence electrons. The number of rotatable bonds is 13. The highest BCUT2D eigenvalue weighted by Gasteiger charge is 2.39. The van der Waals surface area contributed by atoms with Gasteiger partial charge in [-0.1, -0.05) is 35.9 Å². The molecule has 0 spiro atoms. The van der Waals surface area contributed by atoms with Crippen LogP contribution in [-0.4, -0.2) is 77.5 Å². The molecule has 0 aromatic heterocycles. The van der Waals surface area contributed by atoms with Gasteiger partial charge in [0.2, 0.25) is 0 Å². The molecule has 13 heteroatoms. The Bertz CT molecular complexity index is 2630. The minimum Gasteiger partial charge on any atom is -0.493 e. The molecule has 0 unspecified atom stereocenters. The Balaban J connectivity index is 0.968. The molecule has 13 nitrogen and oxygen atoms in total. The largest absolute Gasteiger partial charge is 0.493 e. The van der Waals surface area contributed by atoms with Gasteiger partial charge < -0.3 is 38.8 Å². The number of methoxy groups -OCH3 is 3. The third-order valence-electron chi connectivity index (χ3n) is 12.1. The molecule has 9 rings (SSSR count). The van der Waals surface area contributed by atoms with Gasteiger partial charge in [-0.05, 0) is 84.5 Å². The lowest BCUT2D eigenvalue weighted by molar-refractivity contribution is -0.140. The second-order valence-corrected chi connectivity index (χ2v) is 16.2. The van der Waals surface area contributed by atoms with Crippen molar-refractivity contribution in [3.8, 4) is 23.0 Å². The number of anilines is 4. The van der Waals surface area contributed by atoms with Gasteiger partial charge in [0.25, 0.3) is 11.8 Å². The number of esters is 1. The van der Waals surface area contributed by atoms with Crippen LogP contribution in [0.1, 0.15) is 61.4 Å². The molecule has 5 aromatic rings. The summed E-state index contributed by atoms with van der Waals surface area (Å²) in [6.07, 6.45) is 4.23. The van der Waals surface area contributed by atoms with Crippen molar-refractivity contribution in [1.82, 2.24) is 0 Å². The topological polar surface area (TPSA) is 131 Å². The molecule has 4 heterocycles. The van der Waals surface area contributed by atoms with E-state index in [0.717, 1.165) is 51.3 Å². The molecule has 0 radical (unpaired) electrons. The first-order valence-electron chi connectivity index (χ1n) is 20.9. The molecule has 5 aromatic carbocycles. The maximum Gasteiger partial charge on any atom is 0.305 e. The molecule has 62 heavy (non-hydrogen) atoms. The van der Waals surface area contributed by atoms with Crippen LogP contribution in [0.25, 0.3) is 0 Å². The van der Waals surface area contributed by atoms with Crippen LogP contribution < -0.4 is 39.0 Å². The van der Waals surface area contributed by atoms with E-state index >= 15 is 0 Å². The standard InChI is InChI=1S/C49H49N5O8/c1-29-12-13-42-33(15-29)20-36-26-51-40-24-46(44(59-4)22-38(40)49(57)54(36)42)62-28-31-16-30(17-34(18-31)52(2)14-8-11-47(55)60-5)27-61-45-23-39-37(21-43(45)58-3)48(56)53-35(25-50-39)19-32-9-6-7-10-41(32)53/h6-7,9-10,12-13,15-18,21-24,26,35-36,50H,8,11,14,19-20,25,27-28H2,1-5H3/t35-,36-/m0/s1. The van der Waals surface area contributed by atoms with Crippen molar-refractivity contribution in [3.05, 3.63) is 124 Å². The van der Waals surface area contributed by atoms with Gasteiger partial charge in [-0.3, -0.25) is 24.3 Å². The van der Waals surface area contributed by atoms with Crippen molar-refractivity contribution in [2.45, 2.75) is 57.9 Å². The number of aliphatic imine (C=N–C) groups is 1. The van der Waals surface area contributed by atoms with Gasteiger partial charge in [0.05, 0.1) is 55.9 Å². The summed E-state index contributed by atoms with van der Waals surface area (Å²) in [4.78, 5) is 50.5. The lowest BCUT2D eigenvalue weighted by Crippen LogP contribution is -2.39. The zero-order valence-corrected chi connectivity index (χ0v) is 35.5. The predicted octanol–water partition coefficient (Wildman–Crippen LogP) is 7.84. The molecule has 0 saturated carbocycles. The van der Waals surface area contributed by atoms with Gasteiger partial charge in [-0.25, -0.2) is 0 Å². The molecule has 0 saturated heterocycles. The second-order valence-electron chi connectivity index (χ2n) is 16.2. The van der Waals surface area contributed by atoms with Gasteiger partial charge >= 0.3 is 5.97 Å². The molecule has 4 aliphatic heterocycles. The third-order valence-corrected chi connectivity index (χ3v) is 12.1. The van der Waals surface area contributed by atoms with Crippen LogP contribution in [0.2, 0.25) is 0 Å². The Morgan fingerprint density at radius 3 is 2.21 bits per heavy atom. The normalized spacial score (nSPS) is 16.7. The van der Waals surface area contributed by atoms with Crippen LogP contribution in [0.15, 0.2) is 89.9 Å². The molecular formula is C49H49N5O8. The first-order chi connectivity index (χ1) is 30.1. The number of amides is 2. The van der Waals surface area contributed by atoms with Crippen LogP contribution in [0, 0.1) is 6.92 Å². The van der Waals surface area contributed by atoms with Crippen molar-refractivity contribution in [2.24, 2.45) is 4.99 Å². The van der Waals surface area contributed by atoms with Crippen molar-refractivity contribution in [3.63, 3.8) is 0 Å². The average molecular weight is 836 g/mol. The van der Waals surface area contributed by atoms with Crippen LogP contribution in [0.5, 0.6) is 23.0 Å². The molecule has 0 fully saturated rings. The van der Waals surface area contributed by atoms with Gasteiger partial charge in [-0.2, -0.15) is 0 Å². The predicted molar refractivity (Wildman–Crippen MR) is 238 cm³/mol. The molecule has 0 aliphatic carbocycles. The van der Waals surface area contributed by atoms with Gasteiger partial charge in [0, 0.05) is 68.4 Å². The summed E-state index contributed by atoms with van der Waals surface area (Å²) in [6, 6.07) is 27.2. The fraction of sp³-hybridized carbons (Fsp3) is 0.306. The van der Waals surface area contributed by atoms with Crippen LogP contribution in [0.3, 0.4) is 0 Å². The van der Waals surface area contributed by atoms with Gasteiger partial charge in [-0.15, -0.1) is 0 Å². The van der Waals surface area contributed by atoms with E-state index in [-0.39, 0.29) is 43.1 Å². The minimum absolute atomic E-state index is 0.00283. The molecule has 4 aliphatic rings. The first kappa shape index (κ1) is 40.4. The van der Waals surface area contributed by atoms with E-state index < -0.39 is 0 Å². The van der Waals surface area contributed by atoms with E-state index in [1.165, 1.54) is 7.11 Å². The fourth-order valence-electron chi connectivity index (χ4n) is 8.94. The van der Waals surface area contributed by atoms with Crippen molar-refractivity contribution in [1.29, 1.82) is 0 Å². The quantitative estimate of drug-likeness (QED) is 0.117. The van der Waals surface area contributed by atoms with E-state index in [4.69, 9.17) is 28.7 Å². The monoisotopic (exact) mass is 835 g/mol. The Hall–Kier alpha value is -7.02. The zero-order chi connectivity index (χ0) is 43.1. The van der Waals surface area contributed by atoms with E-state index in [2.05, 4.69) is 29.3 Å². The number of hydrogen-bond donors (Lipinski definition) is 1. The SMILES string of the molecule is COC(=O)CCCN(C)c1cc(COc2cc3c(cc2OC)C(=O)N2c4ccc(C)cc4C[C@H]2C=N3)cc(COc2cc3c(cc2OC)C(=O)N2c4ccccc4C[C@H]2CN3)c1. The summed E-state index contributed by atoms with van der Waals surface area (Å²) in [6.45, 7) is 3.60. The highest BCUT2D eigenvalue weighted by Crippen LogP contribution is 2.43. The number of ether oxygens (including phenoxy) is 5. The van der Waals surface area contributed by atoms with Crippen LogP contribution in [0.4, 0.5) is 28.4 Å². The molecule has 1 N–H and O–H groups in total. The van der Waals surface area contributed by atoms with Crippen LogP contribution in [-0.2, 0) is 35.6 Å². The summed E-state index contributed by atoms with van der Waals surface area (Å²) < 4.78 is 29.4. The van der Waals surface area contributed by atoms with E-state index in [0.29, 0.717) is 77.9 Å². The number of hydrogen-bond acceptors (Lipinski definition) is 11. The first-order valence-corrected chi connectivity index (χ1v) is 20.9. The summed E-state index contributed by atoms with van der Waals surface area (Å²) >= 11 is 0. The summed E-state index contributed by atoms with van der Waals surface area (Å²) in [7, 11) is 6.49. The van der Waals surface area contributed by atoms with E-state index in [1.807, 2.05) is 77.7 Å². The highest BCUT2D eigenvalue weighted by molar-refractivity contribution is 6.15. The lowest BCUT2D eigenvalue weighted by Gasteiger charge is -2.23. The number of carbonyl (C=O) groups excluding carboxylic acids is 3. The van der Waals surface area contributed by atoms with E-state index in [9.17, 15) is 14.4 Å². The number of fused-ring (bicyclic) bond motifs is 8. The number of benzene rings is 5. The summed E-state index contributed by atoms with van der Waals surface area (Å²) in [5.74, 6) is 1.33. The number of aryl methyl sites for hydroxylation is 1. The summed E-state index contributed by atoms with van der Waals surface area (Å²) in [5.41, 5.74) is 10.1. The maximum atomic E-state index is 14.1. The molecular weight excluding hydrogens is 787 g/mol. The Kier molecular flexibility index (Phi) is 10.9. The third kappa shape index (κ3) is 7.63. The zero-order valence-electron chi connectivity index (χ0n) is 35.5. The second kappa shape index (κ2) is 16.8. The number of carbonyl (C=O) groups is 3. The Morgan fingerprint density at radius 2 is 1.47 bits per heavy atom. The fourth-order valence-corrected chi connectivity index (χ4v) is 8.94. The summed E-state index contributed by atoms with van der Waals surface area (Å²) in [5, 5.41) is 3.50. The smallest absolute Gasteiger partial charge is 0.305 e.